The number of anilines is 2. The number of rotatable bonds is 3. The Morgan fingerprint density at radius 2 is 1.60 bits per heavy atom. The average molecular weight is 414 g/mol. The van der Waals surface area contributed by atoms with Gasteiger partial charge >= 0.3 is 0 Å². The molecule has 0 aliphatic carbocycles. The van der Waals surface area contributed by atoms with Gasteiger partial charge in [-0.25, -0.2) is 0 Å². The van der Waals surface area contributed by atoms with E-state index < -0.39 is 0 Å². The minimum atomic E-state index is -0.272. The molecule has 5 heteroatoms. The first-order valence-corrected chi connectivity index (χ1v) is 9.01. The van der Waals surface area contributed by atoms with E-state index in [9.17, 15) is 4.79 Å². The Morgan fingerprint density at radius 1 is 0.920 bits per heavy atom. The van der Waals surface area contributed by atoms with Crippen molar-refractivity contribution in [1.82, 2.24) is 0 Å². The third kappa shape index (κ3) is 3.03. The van der Waals surface area contributed by atoms with E-state index >= 15 is 0 Å². The fourth-order valence-electron chi connectivity index (χ4n) is 3.03. The van der Waals surface area contributed by atoms with E-state index in [1.54, 1.807) is 17.0 Å². The van der Waals surface area contributed by atoms with E-state index in [-0.39, 0.29) is 12.1 Å². The van der Waals surface area contributed by atoms with Crippen molar-refractivity contribution in [3.8, 4) is 0 Å². The van der Waals surface area contributed by atoms with E-state index in [1.165, 1.54) is 0 Å². The number of nitrogens with zero attached hydrogens (tertiary/aromatic N) is 1. The molecule has 0 aromatic heterocycles. The zero-order valence-electron chi connectivity index (χ0n) is 13.1. The van der Waals surface area contributed by atoms with Gasteiger partial charge in [0, 0.05) is 32.0 Å². The first-order chi connectivity index (χ1) is 12.1. The molecule has 3 aromatic rings. The first-order valence-electron chi connectivity index (χ1n) is 7.83. The van der Waals surface area contributed by atoms with Crippen LogP contribution < -0.4 is 10.2 Å². The molecule has 1 atom stereocenters. The Bertz CT molecular complexity index is 925. The van der Waals surface area contributed by atoms with Gasteiger partial charge in [0.2, 0.25) is 0 Å². The Balaban J connectivity index is 1.77. The Kier molecular flexibility index (Phi) is 4.24. The van der Waals surface area contributed by atoms with Crippen LogP contribution in [0.25, 0.3) is 0 Å². The SMILES string of the molecule is O=C1c2ccccc2C(Nc2ccc(Br)cc2)N1c1ccc(Cl)cc1. The third-order valence-electron chi connectivity index (χ3n) is 4.22. The van der Waals surface area contributed by atoms with Crippen LogP contribution in [-0.2, 0) is 0 Å². The first kappa shape index (κ1) is 16.2. The molecular weight excluding hydrogens is 400 g/mol. The van der Waals surface area contributed by atoms with Gasteiger partial charge in [-0.05, 0) is 54.6 Å². The molecule has 1 amide bonds. The van der Waals surface area contributed by atoms with E-state index in [0.717, 1.165) is 21.4 Å². The molecule has 3 aromatic carbocycles. The van der Waals surface area contributed by atoms with Crippen LogP contribution >= 0.6 is 27.5 Å². The van der Waals surface area contributed by atoms with Gasteiger partial charge in [-0.15, -0.1) is 0 Å². The molecule has 1 unspecified atom stereocenters. The molecule has 1 aliphatic rings. The summed E-state index contributed by atoms with van der Waals surface area (Å²) in [6.45, 7) is 0. The summed E-state index contributed by atoms with van der Waals surface area (Å²) in [4.78, 5) is 14.7. The number of carbonyl (C=O) groups excluding carboxylic acids is 1. The standard InChI is InChI=1S/C20H14BrClN2O/c21-13-5-9-15(10-6-13)23-19-17-3-1-2-4-18(17)20(25)24(19)16-11-7-14(22)8-12-16/h1-12,19,23H. The molecule has 1 heterocycles. The van der Waals surface area contributed by atoms with Crippen molar-refractivity contribution in [2.24, 2.45) is 0 Å². The lowest BCUT2D eigenvalue weighted by Gasteiger charge is -2.27. The molecule has 25 heavy (non-hydrogen) atoms. The lowest BCUT2D eigenvalue weighted by Crippen LogP contribution is -2.32. The van der Waals surface area contributed by atoms with E-state index in [2.05, 4.69) is 21.2 Å². The highest BCUT2D eigenvalue weighted by Gasteiger charge is 2.37. The van der Waals surface area contributed by atoms with Crippen molar-refractivity contribution in [3.05, 3.63) is 93.4 Å². The second kappa shape index (κ2) is 6.54. The van der Waals surface area contributed by atoms with Crippen LogP contribution in [-0.4, -0.2) is 5.91 Å². The molecule has 124 valence electrons. The number of amides is 1. The molecule has 0 saturated carbocycles. The van der Waals surface area contributed by atoms with E-state index in [1.807, 2.05) is 60.7 Å². The summed E-state index contributed by atoms with van der Waals surface area (Å²) in [5.74, 6) is -0.0208. The maximum absolute atomic E-state index is 13.0. The zero-order chi connectivity index (χ0) is 17.4. The minimum absolute atomic E-state index is 0.0208. The summed E-state index contributed by atoms with van der Waals surface area (Å²) >= 11 is 9.45. The number of hydrogen-bond acceptors (Lipinski definition) is 2. The van der Waals surface area contributed by atoms with Gasteiger partial charge < -0.3 is 5.32 Å². The van der Waals surface area contributed by atoms with Crippen LogP contribution in [0.5, 0.6) is 0 Å². The summed E-state index contributed by atoms with van der Waals surface area (Å²) in [6.07, 6.45) is -0.272. The highest BCUT2D eigenvalue weighted by Crippen LogP contribution is 2.38. The van der Waals surface area contributed by atoms with Crippen molar-refractivity contribution in [3.63, 3.8) is 0 Å². The van der Waals surface area contributed by atoms with Gasteiger partial charge in [-0.2, -0.15) is 0 Å². The molecule has 1 aliphatic heterocycles. The highest BCUT2D eigenvalue weighted by molar-refractivity contribution is 9.10. The number of fused-ring (bicyclic) bond motifs is 1. The molecule has 1 N–H and O–H groups in total. The predicted octanol–water partition coefficient (Wildman–Crippen LogP) is 5.87. The van der Waals surface area contributed by atoms with Crippen molar-refractivity contribution in [2.75, 3.05) is 10.2 Å². The molecule has 4 rings (SSSR count). The van der Waals surface area contributed by atoms with Crippen molar-refractivity contribution < 1.29 is 4.79 Å². The zero-order valence-corrected chi connectivity index (χ0v) is 15.5. The predicted molar refractivity (Wildman–Crippen MR) is 105 cm³/mol. The van der Waals surface area contributed by atoms with Gasteiger partial charge in [-0.1, -0.05) is 45.7 Å². The third-order valence-corrected chi connectivity index (χ3v) is 5.00. The summed E-state index contributed by atoms with van der Waals surface area (Å²) < 4.78 is 1.01. The number of hydrogen-bond donors (Lipinski definition) is 1. The van der Waals surface area contributed by atoms with Crippen molar-refractivity contribution in [2.45, 2.75) is 6.17 Å². The van der Waals surface area contributed by atoms with E-state index in [4.69, 9.17) is 11.6 Å². The van der Waals surface area contributed by atoms with E-state index in [0.29, 0.717) is 10.6 Å². The molecule has 0 saturated heterocycles. The number of nitrogens with one attached hydrogen (secondary N) is 1. The quantitative estimate of drug-likeness (QED) is 0.582. The van der Waals surface area contributed by atoms with Crippen LogP contribution in [0, 0.1) is 0 Å². The Labute approximate surface area is 159 Å². The van der Waals surface area contributed by atoms with Crippen LogP contribution in [0.15, 0.2) is 77.3 Å². The second-order valence-corrected chi connectivity index (χ2v) is 7.14. The Morgan fingerprint density at radius 3 is 2.32 bits per heavy atom. The second-order valence-electron chi connectivity index (χ2n) is 5.79. The van der Waals surface area contributed by atoms with Gasteiger partial charge in [0.1, 0.15) is 6.17 Å². The molecule has 0 spiro atoms. The van der Waals surface area contributed by atoms with Crippen molar-refractivity contribution >= 4 is 44.8 Å². The summed E-state index contributed by atoms with van der Waals surface area (Å²) in [6, 6.07) is 22.9. The molecule has 0 radical (unpaired) electrons. The Hall–Kier alpha value is -2.30. The van der Waals surface area contributed by atoms with Gasteiger partial charge in [0.25, 0.3) is 5.91 Å². The van der Waals surface area contributed by atoms with Gasteiger partial charge in [-0.3, -0.25) is 9.69 Å². The summed E-state index contributed by atoms with van der Waals surface area (Å²) in [7, 11) is 0. The van der Waals surface area contributed by atoms with Gasteiger partial charge in [0.15, 0.2) is 0 Å². The normalized spacial score (nSPS) is 16.0. The summed E-state index contributed by atoms with van der Waals surface area (Å²) in [5, 5.41) is 4.11. The lowest BCUT2D eigenvalue weighted by atomic mass is 10.1. The largest absolute Gasteiger partial charge is 0.361 e. The minimum Gasteiger partial charge on any atom is -0.361 e. The average Bonchev–Trinajstić information content (AvgIpc) is 2.90. The monoisotopic (exact) mass is 412 g/mol. The number of carbonyl (C=O) groups is 1. The molecular formula is C20H14BrClN2O. The number of halogens is 2. The smallest absolute Gasteiger partial charge is 0.260 e. The van der Waals surface area contributed by atoms with Crippen LogP contribution in [0.4, 0.5) is 11.4 Å². The van der Waals surface area contributed by atoms with Crippen LogP contribution in [0.3, 0.4) is 0 Å². The van der Waals surface area contributed by atoms with Crippen molar-refractivity contribution in [1.29, 1.82) is 0 Å². The highest BCUT2D eigenvalue weighted by atomic mass is 79.9. The molecule has 3 nitrogen and oxygen atoms in total. The number of benzene rings is 3. The van der Waals surface area contributed by atoms with Crippen LogP contribution in [0.1, 0.15) is 22.1 Å². The maximum Gasteiger partial charge on any atom is 0.260 e. The maximum atomic E-state index is 13.0. The molecule has 0 fully saturated rings. The summed E-state index contributed by atoms with van der Waals surface area (Å²) in [5.41, 5.74) is 3.43. The molecule has 0 bridgehead atoms. The fraction of sp³-hybridized carbons (Fsp3) is 0.0500. The van der Waals surface area contributed by atoms with Crippen LogP contribution in [0.2, 0.25) is 5.02 Å². The van der Waals surface area contributed by atoms with Gasteiger partial charge in [0.05, 0.1) is 0 Å². The topological polar surface area (TPSA) is 32.3 Å². The fourth-order valence-corrected chi connectivity index (χ4v) is 3.42. The lowest BCUT2D eigenvalue weighted by molar-refractivity contribution is 0.0993.